The number of nitrogens with zero attached hydrogens (tertiary/aromatic N) is 2. The topological polar surface area (TPSA) is 33.2 Å². The first-order valence-electron chi connectivity index (χ1n) is 5.98. The molecule has 1 aliphatic heterocycles. The van der Waals surface area contributed by atoms with E-state index in [9.17, 15) is 4.79 Å². The van der Waals surface area contributed by atoms with Gasteiger partial charge in [0.25, 0.3) is 0 Å². The number of para-hydroxylation sites is 1. The van der Waals surface area contributed by atoms with Crippen molar-refractivity contribution in [2.24, 2.45) is 0 Å². The lowest BCUT2D eigenvalue weighted by Crippen LogP contribution is -2.35. The Kier molecular flexibility index (Phi) is 2.32. The third-order valence-corrected chi connectivity index (χ3v) is 3.26. The van der Waals surface area contributed by atoms with Gasteiger partial charge in [0.1, 0.15) is 5.82 Å². The first-order chi connectivity index (χ1) is 8.29. The van der Waals surface area contributed by atoms with Gasteiger partial charge < -0.3 is 0 Å². The van der Waals surface area contributed by atoms with Gasteiger partial charge in [-0.2, -0.15) is 0 Å². The third-order valence-electron chi connectivity index (χ3n) is 3.26. The number of rotatable bonds is 1. The number of anilines is 1. The summed E-state index contributed by atoms with van der Waals surface area (Å²) in [5.41, 5.74) is 2.14. The number of aryl methyl sites for hydroxylation is 1. The predicted molar refractivity (Wildman–Crippen MR) is 68.1 cm³/mol. The first-order valence-corrected chi connectivity index (χ1v) is 5.98. The van der Waals surface area contributed by atoms with Crippen LogP contribution in [0.5, 0.6) is 0 Å². The summed E-state index contributed by atoms with van der Waals surface area (Å²) >= 11 is 0. The van der Waals surface area contributed by atoms with E-state index in [2.05, 4.69) is 17.1 Å². The molecule has 0 saturated carbocycles. The summed E-state index contributed by atoms with van der Waals surface area (Å²) in [5.74, 6) is 1.03. The lowest BCUT2D eigenvalue weighted by Gasteiger charge is -2.27. The fourth-order valence-corrected chi connectivity index (χ4v) is 2.39. The summed E-state index contributed by atoms with van der Waals surface area (Å²) in [6.07, 6.45) is 1.41. The van der Waals surface area contributed by atoms with Crippen molar-refractivity contribution >= 4 is 22.6 Å². The van der Waals surface area contributed by atoms with Crippen LogP contribution in [0.15, 0.2) is 30.3 Å². The van der Waals surface area contributed by atoms with Crippen LogP contribution in [-0.4, -0.2) is 17.4 Å². The summed E-state index contributed by atoms with van der Waals surface area (Å²) in [6, 6.07) is 10.2. The third kappa shape index (κ3) is 1.58. The number of hydrogen-bond donors (Lipinski definition) is 0. The van der Waals surface area contributed by atoms with Crippen molar-refractivity contribution in [3.63, 3.8) is 0 Å². The molecule has 2 heterocycles. The highest BCUT2D eigenvalue weighted by Crippen LogP contribution is 2.28. The predicted octanol–water partition coefficient (Wildman–Crippen LogP) is 2.53. The fraction of sp³-hybridized carbons (Fsp3) is 0.286. The lowest BCUT2D eigenvalue weighted by molar-refractivity contribution is -0.118. The molecule has 3 nitrogen and oxygen atoms in total. The van der Waals surface area contributed by atoms with Crippen molar-refractivity contribution in [3.05, 3.63) is 35.9 Å². The molecule has 0 fully saturated rings. The average Bonchev–Trinajstić information content (AvgIpc) is 2.36. The van der Waals surface area contributed by atoms with E-state index < -0.39 is 0 Å². The molecular weight excluding hydrogens is 212 g/mol. The van der Waals surface area contributed by atoms with Crippen molar-refractivity contribution in [3.8, 4) is 0 Å². The second kappa shape index (κ2) is 3.84. The second-order valence-electron chi connectivity index (χ2n) is 4.30. The Bertz CT molecular complexity index is 592. The second-order valence-corrected chi connectivity index (χ2v) is 4.30. The minimum Gasteiger partial charge on any atom is -0.297 e. The van der Waals surface area contributed by atoms with Gasteiger partial charge in [0.05, 0.1) is 5.52 Å². The molecule has 3 rings (SSSR count). The van der Waals surface area contributed by atoms with Gasteiger partial charge in [-0.05, 0) is 31.0 Å². The Hall–Kier alpha value is -1.90. The molecule has 17 heavy (non-hydrogen) atoms. The zero-order valence-corrected chi connectivity index (χ0v) is 9.81. The van der Waals surface area contributed by atoms with Crippen LogP contribution in [0.1, 0.15) is 18.9 Å². The largest absolute Gasteiger partial charge is 0.297 e. The Labute approximate surface area is 100 Å². The molecule has 1 aromatic carbocycles. The van der Waals surface area contributed by atoms with E-state index in [1.807, 2.05) is 25.1 Å². The summed E-state index contributed by atoms with van der Waals surface area (Å²) < 4.78 is 0. The molecule has 0 spiro atoms. The normalized spacial score (nSPS) is 15.1. The maximum atomic E-state index is 11.8. The highest BCUT2D eigenvalue weighted by Gasteiger charge is 2.24. The van der Waals surface area contributed by atoms with E-state index in [4.69, 9.17) is 0 Å². The zero-order chi connectivity index (χ0) is 11.8. The van der Waals surface area contributed by atoms with Crippen molar-refractivity contribution < 1.29 is 4.79 Å². The lowest BCUT2D eigenvalue weighted by atomic mass is 10.0. The molecule has 0 unspecified atom stereocenters. The molecule has 1 aromatic heterocycles. The molecule has 2 aromatic rings. The molecule has 3 heteroatoms. The quantitative estimate of drug-likeness (QED) is 0.748. The SMILES string of the molecule is CCN1C(=O)CCc2cc3ccccc3nc21. The standard InChI is InChI=1S/C14H14N2O/c1-2-16-13(17)8-7-11-9-10-5-3-4-6-12(10)15-14(11)16/h3-6,9H,2,7-8H2,1H3. The number of carbonyl (C=O) groups excluding carboxylic acids is 1. The van der Waals surface area contributed by atoms with E-state index in [1.54, 1.807) is 4.90 Å². The fourth-order valence-electron chi connectivity index (χ4n) is 2.39. The molecule has 0 atom stereocenters. The molecule has 1 aliphatic rings. The van der Waals surface area contributed by atoms with E-state index in [1.165, 1.54) is 5.56 Å². The molecule has 0 aliphatic carbocycles. The van der Waals surface area contributed by atoms with Gasteiger partial charge in [-0.15, -0.1) is 0 Å². The highest BCUT2D eigenvalue weighted by molar-refractivity contribution is 5.97. The molecule has 0 N–H and O–H groups in total. The van der Waals surface area contributed by atoms with Crippen LogP contribution in [0.2, 0.25) is 0 Å². The average molecular weight is 226 g/mol. The van der Waals surface area contributed by atoms with Crippen LogP contribution in [0, 0.1) is 0 Å². The Morgan fingerprint density at radius 1 is 1.29 bits per heavy atom. The molecule has 0 saturated heterocycles. The molecule has 0 radical (unpaired) electrons. The Balaban J connectivity index is 2.23. The van der Waals surface area contributed by atoms with Crippen LogP contribution >= 0.6 is 0 Å². The number of hydrogen-bond acceptors (Lipinski definition) is 2. The van der Waals surface area contributed by atoms with Crippen LogP contribution in [0.25, 0.3) is 10.9 Å². The Morgan fingerprint density at radius 3 is 2.94 bits per heavy atom. The van der Waals surface area contributed by atoms with Crippen LogP contribution < -0.4 is 4.90 Å². The number of carbonyl (C=O) groups is 1. The van der Waals surface area contributed by atoms with Crippen LogP contribution in [-0.2, 0) is 11.2 Å². The Morgan fingerprint density at radius 2 is 2.12 bits per heavy atom. The maximum Gasteiger partial charge on any atom is 0.228 e. The van der Waals surface area contributed by atoms with Crippen molar-refractivity contribution in [1.29, 1.82) is 0 Å². The molecule has 86 valence electrons. The van der Waals surface area contributed by atoms with Gasteiger partial charge in [0.2, 0.25) is 5.91 Å². The summed E-state index contributed by atoms with van der Waals surface area (Å²) in [6.45, 7) is 2.68. The number of aromatic nitrogens is 1. The van der Waals surface area contributed by atoms with Crippen molar-refractivity contribution in [1.82, 2.24) is 4.98 Å². The van der Waals surface area contributed by atoms with Gasteiger partial charge in [-0.25, -0.2) is 4.98 Å². The van der Waals surface area contributed by atoms with Gasteiger partial charge in [0, 0.05) is 18.4 Å². The number of benzene rings is 1. The first kappa shape index (κ1) is 10.3. The van der Waals surface area contributed by atoms with Gasteiger partial charge in [0.15, 0.2) is 0 Å². The van der Waals surface area contributed by atoms with E-state index in [0.29, 0.717) is 13.0 Å². The molecule has 1 amide bonds. The van der Waals surface area contributed by atoms with Crippen LogP contribution in [0.4, 0.5) is 5.82 Å². The molecule has 0 bridgehead atoms. The van der Waals surface area contributed by atoms with Crippen LogP contribution in [0.3, 0.4) is 0 Å². The molecular formula is C14H14N2O. The van der Waals surface area contributed by atoms with Gasteiger partial charge in [-0.3, -0.25) is 9.69 Å². The van der Waals surface area contributed by atoms with Gasteiger partial charge >= 0.3 is 0 Å². The van der Waals surface area contributed by atoms with Gasteiger partial charge in [-0.1, -0.05) is 18.2 Å². The number of fused-ring (bicyclic) bond motifs is 2. The maximum absolute atomic E-state index is 11.8. The number of pyridine rings is 1. The monoisotopic (exact) mass is 226 g/mol. The van der Waals surface area contributed by atoms with Crippen molar-refractivity contribution in [2.75, 3.05) is 11.4 Å². The highest BCUT2D eigenvalue weighted by atomic mass is 16.2. The summed E-state index contributed by atoms with van der Waals surface area (Å²) in [4.78, 5) is 18.2. The zero-order valence-electron chi connectivity index (χ0n) is 9.81. The minimum absolute atomic E-state index is 0.183. The van der Waals surface area contributed by atoms with E-state index >= 15 is 0 Å². The smallest absolute Gasteiger partial charge is 0.228 e. The number of amides is 1. The summed E-state index contributed by atoms with van der Waals surface area (Å²) in [5, 5.41) is 1.15. The van der Waals surface area contributed by atoms with Crippen molar-refractivity contribution in [2.45, 2.75) is 19.8 Å². The minimum atomic E-state index is 0.183. The summed E-state index contributed by atoms with van der Waals surface area (Å²) in [7, 11) is 0. The van der Waals surface area contributed by atoms with E-state index in [-0.39, 0.29) is 5.91 Å². The van der Waals surface area contributed by atoms with E-state index in [0.717, 1.165) is 23.1 Å².